The van der Waals surface area contributed by atoms with Crippen molar-refractivity contribution in [1.29, 1.82) is 0 Å². The molecule has 5 aromatic rings. The smallest absolute Gasteiger partial charge is 0.159 e. The minimum Gasteiger partial charge on any atom is -0.374 e. The first-order valence-electron chi connectivity index (χ1n) is 12.3. The molecule has 0 saturated carbocycles. The van der Waals surface area contributed by atoms with Crippen LogP contribution in [0.5, 0.6) is 0 Å². The molecule has 1 fully saturated rings. The van der Waals surface area contributed by atoms with Gasteiger partial charge in [0.05, 0.1) is 28.6 Å². The molecule has 8 heteroatoms. The van der Waals surface area contributed by atoms with Gasteiger partial charge in [-0.25, -0.2) is 4.98 Å². The van der Waals surface area contributed by atoms with Crippen LogP contribution in [0.2, 0.25) is 0 Å². The van der Waals surface area contributed by atoms with Crippen LogP contribution in [0.4, 0.5) is 11.4 Å². The monoisotopic (exact) mass is 467 g/mol. The standard InChI is InChI=1S/C27H29N7O/c1-2-24(35)29-19-13-18(15-28-16-19)17-9-10-21-20(14-17)25(33-32-21)27-30-22-7-6-8-23(26(22)31-27)34-11-4-3-5-12-34/h6-10,13-16,24,29,35H,2-5,11-12H2,1H3,(H,30,31)(H,32,33). The summed E-state index contributed by atoms with van der Waals surface area (Å²) in [5.41, 5.74) is 7.72. The van der Waals surface area contributed by atoms with Gasteiger partial charge in [0.1, 0.15) is 17.4 Å². The molecule has 0 amide bonds. The Kier molecular flexibility index (Phi) is 5.58. The summed E-state index contributed by atoms with van der Waals surface area (Å²) in [6.07, 6.45) is 7.32. The number of anilines is 2. The van der Waals surface area contributed by atoms with Gasteiger partial charge >= 0.3 is 0 Å². The minimum absolute atomic E-state index is 0.599. The number of hydrogen-bond donors (Lipinski definition) is 4. The molecule has 0 aliphatic carbocycles. The van der Waals surface area contributed by atoms with Crippen molar-refractivity contribution in [3.05, 3.63) is 54.9 Å². The predicted octanol–water partition coefficient (Wildman–Crippen LogP) is 5.30. The summed E-state index contributed by atoms with van der Waals surface area (Å²) in [7, 11) is 0. The maximum Gasteiger partial charge on any atom is 0.159 e. The largest absolute Gasteiger partial charge is 0.374 e. The first kappa shape index (κ1) is 21.6. The molecule has 1 aliphatic rings. The fourth-order valence-corrected chi connectivity index (χ4v) is 4.86. The third-order valence-corrected chi connectivity index (χ3v) is 6.77. The SMILES string of the molecule is CCC(O)Nc1cncc(-c2ccc3[nH]nc(-c4nc5c(N6CCCCC6)cccc5[nH]4)c3c2)c1. The normalized spacial score (nSPS) is 15.1. The molecule has 35 heavy (non-hydrogen) atoms. The van der Waals surface area contributed by atoms with E-state index in [1.54, 1.807) is 6.20 Å². The third kappa shape index (κ3) is 4.10. The van der Waals surface area contributed by atoms with Crippen molar-refractivity contribution in [3.63, 3.8) is 0 Å². The van der Waals surface area contributed by atoms with E-state index in [2.05, 4.69) is 60.7 Å². The number of fused-ring (bicyclic) bond motifs is 2. The number of imidazole rings is 1. The van der Waals surface area contributed by atoms with Crippen LogP contribution in [0.15, 0.2) is 54.9 Å². The van der Waals surface area contributed by atoms with Crippen molar-refractivity contribution in [3.8, 4) is 22.6 Å². The van der Waals surface area contributed by atoms with Crippen LogP contribution in [0.25, 0.3) is 44.6 Å². The molecule has 8 nitrogen and oxygen atoms in total. The van der Waals surface area contributed by atoms with E-state index < -0.39 is 6.23 Å². The number of aliphatic hydroxyl groups is 1. The van der Waals surface area contributed by atoms with E-state index in [9.17, 15) is 5.11 Å². The molecule has 3 aromatic heterocycles. The maximum absolute atomic E-state index is 9.95. The van der Waals surface area contributed by atoms with E-state index >= 15 is 0 Å². The van der Waals surface area contributed by atoms with Gasteiger partial charge in [-0.05, 0) is 61.6 Å². The highest BCUT2D eigenvalue weighted by Crippen LogP contribution is 2.33. The summed E-state index contributed by atoms with van der Waals surface area (Å²) in [6.45, 7) is 4.08. The Morgan fingerprint density at radius 2 is 1.91 bits per heavy atom. The van der Waals surface area contributed by atoms with Gasteiger partial charge < -0.3 is 20.3 Å². The lowest BCUT2D eigenvalue weighted by Gasteiger charge is -2.28. The summed E-state index contributed by atoms with van der Waals surface area (Å²) >= 11 is 0. The molecular weight excluding hydrogens is 438 g/mol. The van der Waals surface area contributed by atoms with Crippen molar-refractivity contribution < 1.29 is 5.11 Å². The lowest BCUT2D eigenvalue weighted by molar-refractivity contribution is 0.199. The van der Waals surface area contributed by atoms with Crippen molar-refractivity contribution in [2.45, 2.75) is 38.8 Å². The number of nitrogens with zero attached hydrogens (tertiary/aromatic N) is 4. The van der Waals surface area contributed by atoms with Crippen LogP contribution in [0.3, 0.4) is 0 Å². The van der Waals surface area contributed by atoms with Gasteiger partial charge in [0.2, 0.25) is 0 Å². The van der Waals surface area contributed by atoms with E-state index in [1.807, 2.05) is 25.3 Å². The molecule has 2 aromatic carbocycles. The van der Waals surface area contributed by atoms with E-state index in [0.717, 1.165) is 63.4 Å². The van der Waals surface area contributed by atoms with Gasteiger partial charge in [-0.1, -0.05) is 19.1 Å². The zero-order valence-electron chi connectivity index (χ0n) is 19.8. The van der Waals surface area contributed by atoms with Crippen molar-refractivity contribution in [2.24, 2.45) is 0 Å². The van der Waals surface area contributed by atoms with Crippen LogP contribution in [-0.4, -0.2) is 49.6 Å². The summed E-state index contributed by atoms with van der Waals surface area (Å²) in [5.74, 6) is 0.757. The summed E-state index contributed by atoms with van der Waals surface area (Å²) in [4.78, 5) is 15.3. The summed E-state index contributed by atoms with van der Waals surface area (Å²) in [5, 5.41) is 21.8. The Balaban J connectivity index is 1.39. The minimum atomic E-state index is -0.599. The Morgan fingerprint density at radius 3 is 2.77 bits per heavy atom. The number of aromatic amines is 2. The number of nitrogens with one attached hydrogen (secondary N) is 3. The molecule has 4 N–H and O–H groups in total. The predicted molar refractivity (Wildman–Crippen MR) is 140 cm³/mol. The quantitative estimate of drug-likeness (QED) is 0.253. The van der Waals surface area contributed by atoms with Crippen LogP contribution in [-0.2, 0) is 0 Å². The van der Waals surface area contributed by atoms with Crippen molar-refractivity contribution in [1.82, 2.24) is 25.1 Å². The van der Waals surface area contributed by atoms with Gasteiger partial charge in [-0.2, -0.15) is 5.10 Å². The summed E-state index contributed by atoms with van der Waals surface area (Å²) < 4.78 is 0. The van der Waals surface area contributed by atoms with E-state index in [0.29, 0.717) is 6.42 Å². The molecule has 178 valence electrons. The van der Waals surface area contributed by atoms with Gasteiger partial charge in [0.15, 0.2) is 5.82 Å². The first-order valence-corrected chi connectivity index (χ1v) is 12.3. The highest BCUT2D eigenvalue weighted by atomic mass is 16.3. The maximum atomic E-state index is 9.95. The number of benzene rings is 2. The van der Waals surface area contributed by atoms with Crippen molar-refractivity contribution >= 4 is 33.3 Å². The number of hydrogen-bond acceptors (Lipinski definition) is 6. The second kappa shape index (κ2) is 9.03. The molecule has 6 rings (SSSR count). The Bertz CT molecular complexity index is 1480. The number of aromatic nitrogens is 5. The average Bonchev–Trinajstić information content (AvgIpc) is 3.53. The number of para-hydroxylation sites is 1. The molecule has 0 radical (unpaired) electrons. The second-order valence-electron chi connectivity index (χ2n) is 9.17. The molecule has 1 saturated heterocycles. The summed E-state index contributed by atoms with van der Waals surface area (Å²) in [6, 6.07) is 14.5. The number of rotatable bonds is 6. The van der Waals surface area contributed by atoms with Gasteiger partial charge in [-0.15, -0.1) is 0 Å². The zero-order valence-corrected chi connectivity index (χ0v) is 19.8. The molecular formula is C27H29N7O. The molecule has 0 spiro atoms. The van der Waals surface area contributed by atoms with Crippen molar-refractivity contribution in [2.75, 3.05) is 23.3 Å². The van der Waals surface area contributed by atoms with Crippen LogP contribution < -0.4 is 10.2 Å². The molecule has 1 unspecified atom stereocenters. The van der Waals surface area contributed by atoms with E-state index in [4.69, 9.17) is 4.98 Å². The molecule has 1 atom stereocenters. The van der Waals surface area contributed by atoms with E-state index in [1.165, 1.54) is 24.9 Å². The van der Waals surface area contributed by atoms with Crippen LogP contribution >= 0.6 is 0 Å². The molecule has 0 bridgehead atoms. The fourth-order valence-electron chi connectivity index (χ4n) is 4.86. The lowest BCUT2D eigenvalue weighted by atomic mass is 10.0. The second-order valence-corrected chi connectivity index (χ2v) is 9.17. The molecule has 4 heterocycles. The van der Waals surface area contributed by atoms with Crippen LogP contribution in [0, 0.1) is 0 Å². The average molecular weight is 468 g/mol. The topological polar surface area (TPSA) is 106 Å². The highest BCUT2D eigenvalue weighted by Gasteiger charge is 2.18. The number of pyridine rings is 1. The van der Waals surface area contributed by atoms with E-state index in [-0.39, 0.29) is 0 Å². The van der Waals surface area contributed by atoms with Gasteiger partial charge in [-0.3, -0.25) is 10.1 Å². The Labute approximate surface area is 203 Å². The number of piperidine rings is 1. The van der Waals surface area contributed by atoms with Gasteiger partial charge in [0.25, 0.3) is 0 Å². The lowest BCUT2D eigenvalue weighted by Crippen LogP contribution is -2.29. The third-order valence-electron chi connectivity index (χ3n) is 6.77. The number of H-pyrrole nitrogens is 2. The highest BCUT2D eigenvalue weighted by molar-refractivity contribution is 5.97. The van der Waals surface area contributed by atoms with Gasteiger partial charge in [0, 0.05) is 30.2 Å². The zero-order chi connectivity index (χ0) is 23.8. The molecule has 1 aliphatic heterocycles. The fraction of sp³-hybridized carbons (Fsp3) is 0.296. The van der Waals surface area contributed by atoms with Crippen LogP contribution in [0.1, 0.15) is 32.6 Å². The Hall–Kier alpha value is -3.91. The number of aliphatic hydroxyl groups excluding tert-OH is 1. The Morgan fingerprint density at radius 1 is 1.03 bits per heavy atom. The first-order chi connectivity index (χ1) is 17.2.